The molecule has 2 aromatic heterocycles. The highest BCUT2D eigenvalue weighted by Gasteiger charge is 2.26. The Labute approximate surface area is 104 Å². The first-order valence-corrected chi connectivity index (χ1v) is 6.30. The number of hydrogen-bond acceptors (Lipinski definition) is 4. The average Bonchev–Trinajstić information content (AvgIpc) is 2.95. The molecule has 1 fully saturated rings. The Bertz CT molecular complexity index is 538. The van der Waals surface area contributed by atoms with Gasteiger partial charge in [0.25, 0.3) is 0 Å². The number of anilines is 1. The summed E-state index contributed by atoms with van der Waals surface area (Å²) < 4.78 is 0. The van der Waals surface area contributed by atoms with Crippen LogP contribution in [0, 0.1) is 0 Å². The van der Waals surface area contributed by atoms with Crippen LogP contribution in [0.25, 0.3) is 11.0 Å². The van der Waals surface area contributed by atoms with Gasteiger partial charge in [0.05, 0.1) is 11.6 Å². The van der Waals surface area contributed by atoms with Gasteiger partial charge in [0.15, 0.2) is 5.65 Å². The lowest BCUT2D eigenvalue weighted by molar-refractivity contribution is 0.642. The number of halogens is 1. The minimum atomic E-state index is 0.276. The van der Waals surface area contributed by atoms with E-state index in [1.807, 2.05) is 0 Å². The fourth-order valence-electron chi connectivity index (χ4n) is 2.55. The van der Waals surface area contributed by atoms with Gasteiger partial charge >= 0.3 is 0 Å². The molecule has 1 aliphatic heterocycles. The monoisotopic (exact) mass is 251 g/mol. The zero-order valence-electron chi connectivity index (χ0n) is 9.65. The molecular weight excluding hydrogens is 238 g/mol. The van der Waals surface area contributed by atoms with Crippen molar-refractivity contribution in [1.82, 2.24) is 20.2 Å². The van der Waals surface area contributed by atoms with Crippen molar-refractivity contribution in [2.24, 2.45) is 0 Å². The van der Waals surface area contributed by atoms with Crippen molar-refractivity contribution >= 4 is 28.5 Å². The predicted octanol–water partition coefficient (Wildman–Crippen LogP) is 2.39. The number of aromatic amines is 1. The molecule has 0 saturated carbocycles. The third kappa shape index (κ3) is 1.74. The molecule has 0 aliphatic carbocycles. The molecule has 0 spiro atoms. The first kappa shape index (κ1) is 10.8. The standard InChI is InChI=1S/C11H14ClN5/c1-2-7-4-3-5-17(7)10-8-6-13-16-9(8)14-11(12)15-10/h6-7H,2-5H2,1H3,(H,13,14,15,16). The SMILES string of the molecule is CCC1CCCN1c1nc(Cl)nc2[nH]ncc12. The molecular formula is C11H14ClN5. The molecule has 1 N–H and O–H groups in total. The molecule has 0 amide bonds. The molecule has 17 heavy (non-hydrogen) atoms. The van der Waals surface area contributed by atoms with Crippen molar-refractivity contribution in [3.63, 3.8) is 0 Å². The summed E-state index contributed by atoms with van der Waals surface area (Å²) in [5, 5.41) is 8.09. The van der Waals surface area contributed by atoms with Gasteiger partial charge < -0.3 is 4.90 Å². The second-order valence-corrected chi connectivity index (χ2v) is 4.68. The van der Waals surface area contributed by atoms with E-state index in [0.29, 0.717) is 11.7 Å². The van der Waals surface area contributed by atoms with Crippen LogP contribution in [0.4, 0.5) is 5.82 Å². The van der Waals surface area contributed by atoms with Crippen molar-refractivity contribution in [3.8, 4) is 0 Å². The van der Waals surface area contributed by atoms with E-state index in [2.05, 4.69) is 32.0 Å². The molecule has 1 unspecified atom stereocenters. The number of rotatable bonds is 2. The summed E-state index contributed by atoms with van der Waals surface area (Å²) in [6.07, 6.45) is 5.32. The van der Waals surface area contributed by atoms with Crippen LogP contribution in [-0.4, -0.2) is 32.8 Å². The molecule has 0 radical (unpaired) electrons. The van der Waals surface area contributed by atoms with Crippen LogP contribution < -0.4 is 4.90 Å². The number of nitrogens with zero attached hydrogens (tertiary/aromatic N) is 4. The van der Waals surface area contributed by atoms with Crippen molar-refractivity contribution in [1.29, 1.82) is 0 Å². The van der Waals surface area contributed by atoms with Gasteiger partial charge in [0.2, 0.25) is 5.28 Å². The lowest BCUT2D eigenvalue weighted by Crippen LogP contribution is -2.29. The maximum atomic E-state index is 5.95. The van der Waals surface area contributed by atoms with E-state index in [4.69, 9.17) is 11.6 Å². The van der Waals surface area contributed by atoms with E-state index in [-0.39, 0.29) is 5.28 Å². The zero-order valence-corrected chi connectivity index (χ0v) is 10.4. The number of nitrogens with one attached hydrogen (secondary N) is 1. The van der Waals surface area contributed by atoms with Crippen LogP contribution in [0.3, 0.4) is 0 Å². The third-order valence-corrected chi connectivity index (χ3v) is 3.55. The van der Waals surface area contributed by atoms with Gasteiger partial charge in [-0.05, 0) is 30.9 Å². The second-order valence-electron chi connectivity index (χ2n) is 4.35. The van der Waals surface area contributed by atoms with E-state index in [1.165, 1.54) is 12.8 Å². The van der Waals surface area contributed by atoms with Gasteiger partial charge in [-0.15, -0.1) is 0 Å². The highest BCUT2D eigenvalue weighted by Crippen LogP contribution is 2.31. The van der Waals surface area contributed by atoms with Gasteiger partial charge in [0, 0.05) is 12.6 Å². The van der Waals surface area contributed by atoms with Crippen molar-refractivity contribution in [2.45, 2.75) is 32.2 Å². The highest BCUT2D eigenvalue weighted by atomic mass is 35.5. The molecule has 90 valence electrons. The van der Waals surface area contributed by atoms with Crippen LogP contribution >= 0.6 is 11.6 Å². The first-order valence-electron chi connectivity index (χ1n) is 5.93. The smallest absolute Gasteiger partial charge is 0.226 e. The molecule has 0 bridgehead atoms. The average molecular weight is 252 g/mol. The second kappa shape index (κ2) is 4.14. The van der Waals surface area contributed by atoms with Crippen LogP contribution in [0.1, 0.15) is 26.2 Å². The summed E-state index contributed by atoms with van der Waals surface area (Å²) >= 11 is 5.95. The van der Waals surface area contributed by atoms with Gasteiger partial charge in [-0.1, -0.05) is 6.92 Å². The molecule has 6 heteroatoms. The highest BCUT2D eigenvalue weighted by molar-refractivity contribution is 6.28. The van der Waals surface area contributed by atoms with Crippen molar-refractivity contribution in [2.75, 3.05) is 11.4 Å². The number of aromatic nitrogens is 4. The Morgan fingerprint density at radius 3 is 3.24 bits per heavy atom. The summed E-state index contributed by atoms with van der Waals surface area (Å²) in [7, 11) is 0. The summed E-state index contributed by atoms with van der Waals surface area (Å²) in [6.45, 7) is 3.24. The minimum Gasteiger partial charge on any atom is -0.353 e. The molecule has 2 aromatic rings. The number of H-pyrrole nitrogens is 1. The first-order chi connectivity index (χ1) is 8.29. The number of fused-ring (bicyclic) bond motifs is 1. The third-order valence-electron chi connectivity index (χ3n) is 3.38. The zero-order chi connectivity index (χ0) is 11.8. The van der Waals surface area contributed by atoms with E-state index < -0.39 is 0 Å². The Morgan fingerprint density at radius 1 is 1.53 bits per heavy atom. The minimum absolute atomic E-state index is 0.276. The molecule has 1 saturated heterocycles. The quantitative estimate of drug-likeness (QED) is 0.833. The van der Waals surface area contributed by atoms with E-state index >= 15 is 0 Å². The van der Waals surface area contributed by atoms with Crippen LogP contribution in [0.15, 0.2) is 6.20 Å². The largest absolute Gasteiger partial charge is 0.353 e. The maximum Gasteiger partial charge on any atom is 0.226 e. The Balaban J connectivity index is 2.12. The Kier molecular flexibility index (Phi) is 2.63. The molecule has 1 aliphatic rings. The lowest BCUT2D eigenvalue weighted by Gasteiger charge is -2.25. The summed E-state index contributed by atoms with van der Waals surface area (Å²) in [4.78, 5) is 10.8. The van der Waals surface area contributed by atoms with Gasteiger partial charge in [-0.3, -0.25) is 5.10 Å². The summed E-state index contributed by atoms with van der Waals surface area (Å²) in [5.41, 5.74) is 0.710. The van der Waals surface area contributed by atoms with E-state index in [0.717, 1.165) is 24.2 Å². The molecule has 3 heterocycles. The van der Waals surface area contributed by atoms with E-state index in [9.17, 15) is 0 Å². The summed E-state index contributed by atoms with van der Waals surface area (Å²) in [5.74, 6) is 0.915. The normalized spacial score (nSPS) is 20.4. The molecule has 5 nitrogen and oxygen atoms in total. The molecule has 3 rings (SSSR count). The predicted molar refractivity (Wildman–Crippen MR) is 67.4 cm³/mol. The van der Waals surface area contributed by atoms with Crippen LogP contribution in [0.2, 0.25) is 5.28 Å². The summed E-state index contributed by atoms with van der Waals surface area (Å²) in [6, 6.07) is 0.555. The maximum absolute atomic E-state index is 5.95. The van der Waals surface area contributed by atoms with Crippen molar-refractivity contribution in [3.05, 3.63) is 11.5 Å². The fraction of sp³-hybridized carbons (Fsp3) is 0.545. The Morgan fingerprint density at radius 2 is 2.41 bits per heavy atom. The van der Waals surface area contributed by atoms with Crippen LogP contribution in [0.5, 0.6) is 0 Å². The van der Waals surface area contributed by atoms with Gasteiger partial charge in [-0.2, -0.15) is 15.1 Å². The van der Waals surface area contributed by atoms with Crippen molar-refractivity contribution < 1.29 is 0 Å². The molecule has 1 atom stereocenters. The lowest BCUT2D eigenvalue weighted by atomic mass is 10.1. The topological polar surface area (TPSA) is 57.7 Å². The Hall–Kier alpha value is -1.36. The number of hydrogen-bond donors (Lipinski definition) is 1. The van der Waals surface area contributed by atoms with E-state index in [1.54, 1.807) is 6.20 Å². The fourth-order valence-corrected chi connectivity index (χ4v) is 2.72. The molecule has 0 aromatic carbocycles. The van der Waals surface area contributed by atoms with Gasteiger partial charge in [-0.25, -0.2) is 0 Å². The van der Waals surface area contributed by atoms with Crippen LogP contribution in [-0.2, 0) is 0 Å². The van der Waals surface area contributed by atoms with Gasteiger partial charge in [0.1, 0.15) is 5.82 Å².